The lowest BCUT2D eigenvalue weighted by Gasteiger charge is -2.30. The number of benzene rings is 1. The summed E-state index contributed by atoms with van der Waals surface area (Å²) >= 11 is 3.66. The summed E-state index contributed by atoms with van der Waals surface area (Å²) < 4.78 is 12.4. The van der Waals surface area contributed by atoms with Crippen molar-refractivity contribution in [2.24, 2.45) is 0 Å². The summed E-state index contributed by atoms with van der Waals surface area (Å²) in [6, 6.07) is 2.15. The molecular formula is C14H18BrNO2. The van der Waals surface area contributed by atoms with Crippen molar-refractivity contribution in [1.82, 2.24) is 5.32 Å². The lowest BCUT2D eigenvalue weighted by atomic mass is 9.87. The molecule has 18 heavy (non-hydrogen) atoms. The first-order valence-corrected chi connectivity index (χ1v) is 7.25. The van der Waals surface area contributed by atoms with Crippen LogP contribution in [0.4, 0.5) is 0 Å². The maximum atomic E-state index is 5.72. The van der Waals surface area contributed by atoms with Gasteiger partial charge in [-0.25, -0.2) is 0 Å². The van der Waals surface area contributed by atoms with E-state index in [-0.39, 0.29) is 5.54 Å². The molecule has 4 heteroatoms. The Morgan fingerprint density at radius 1 is 1.33 bits per heavy atom. The van der Waals surface area contributed by atoms with Crippen molar-refractivity contribution in [3.05, 3.63) is 21.7 Å². The fraction of sp³-hybridized carbons (Fsp3) is 0.571. The highest BCUT2D eigenvalue weighted by Gasteiger charge is 2.34. The second kappa shape index (κ2) is 4.42. The van der Waals surface area contributed by atoms with E-state index in [4.69, 9.17) is 9.47 Å². The van der Waals surface area contributed by atoms with E-state index in [9.17, 15) is 0 Å². The van der Waals surface area contributed by atoms with Gasteiger partial charge in [-0.3, -0.25) is 0 Å². The van der Waals surface area contributed by atoms with Crippen LogP contribution < -0.4 is 14.8 Å². The molecule has 0 bridgehead atoms. The van der Waals surface area contributed by atoms with Gasteiger partial charge in [-0.15, -0.1) is 0 Å². The predicted octanol–water partition coefficient (Wildman–Crippen LogP) is 3.13. The van der Waals surface area contributed by atoms with Crippen LogP contribution in [0.5, 0.6) is 11.5 Å². The minimum Gasteiger partial charge on any atom is -0.486 e. The summed E-state index contributed by atoms with van der Waals surface area (Å²) in [5, 5.41) is 3.61. The van der Waals surface area contributed by atoms with E-state index in [0.29, 0.717) is 13.2 Å². The molecule has 2 heterocycles. The van der Waals surface area contributed by atoms with Crippen molar-refractivity contribution in [2.75, 3.05) is 19.8 Å². The zero-order chi connectivity index (χ0) is 12.8. The van der Waals surface area contributed by atoms with Crippen LogP contribution in [0.25, 0.3) is 0 Å². The molecule has 0 spiro atoms. The molecule has 0 radical (unpaired) electrons. The minimum absolute atomic E-state index is 0.0580. The highest BCUT2D eigenvalue weighted by Crippen LogP contribution is 2.45. The Balaban J connectivity index is 2.13. The normalized spacial score (nSPS) is 26.4. The summed E-state index contributed by atoms with van der Waals surface area (Å²) in [6.45, 7) is 6.75. The fourth-order valence-electron chi connectivity index (χ4n) is 2.94. The molecule has 0 aromatic heterocycles. The van der Waals surface area contributed by atoms with Gasteiger partial charge in [0.05, 0.1) is 4.47 Å². The molecule has 3 nitrogen and oxygen atoms in total. The largest absolute Gasteiger partial charge is 0.486 e. The van der Waals surface area contributed by atoms with Gasteiger partial charge in [0.25, 0.3) is 0 Å². The van der Waals surface area contributed by atoms with Gasteiger partial charge in [0.1, 0.15) is 13.2 Å². The van der Waals surface area contributed by atoms with Crippen LogP contribution in [0.3, 0.4) is 0 Å². The van der Waals surface area contributed by atoms with Crippen molar-refractivity contribution in [3.63, 3.8) is 0 Å². The first kappa shape index (κ1) is 12.3. The number of rotatable bonds is 1. The van der Waals surface area contributed by atoms with Gasteiger partial charge >= 0.3 is 0 Å². The van der Waals surface area contributed by atoms with Crippen molar-refractivity contribution < 1.29 is 9.47 Å². The molecule has 98 valence electrons. The Bertz CT molecular complexity index is 481. The van der Waals surface area contributed by atoms with E-state index in [1.54, 1.807) is 0 Å². The lowest BCUT2D eigenvalue weighted by molar-refractivity contribution is 0.169. The standard InChI is InChI=1S/C14H18BrNO2/c1-9-10(14(2)4-3-5-16-14)8-11-13(12(9)15)18-7-6-17-11/h8,16H,3-7H2,1-2H3. The van der Waals surface area contributed by atoms with Crippen molar-refractivity contribution in [3.8, 4) is 11.5 Å². The smallest absolute Gasteiger partial charge is 0.175 e. The number of hydrogen-bond donors (Lipinski definition) is 1. The quantitative estimate of drug-likeness (QED) is 0.864. The Hall–Kier alpha value is -0.740. The van der Waals surface area contributed by atoms with Crippen LogP contribution in [0, 0.1) is 6.92 Å². The molecule has 0 saturated carbocycles. The number of hydrogen-bond acceptors (Lipinski definition) is 3. The maximum absolute atomic E-state index is 5.72. The summed E-state index contributed by atoms with van der Waals surface area (Å²) in [7, 11) is 0. The number of ether oxygens (including phenoxy) is 2. The van der Waals surface area contributed by atoms with E-state index in [2.05, 4.69) is 41.2 Å². The van der Waals surface area contributed by atoms with Gasteiger partial charge in [-0.1, -0.05) is 0 Å². The Labute approximate surface area is 116 Å². The monoisotopic (exact) mass is 311 g/mol. The summed E-state index contributed by atoms with van der Waals surface area (Å²) in [6.07, 6.45) is 2.39. The molecule has 1 fully saturated rings. The molecule has 1 saturated heterocycles. The molecule has 3 rings (SSSR count). The maximum Gasteiger partial charge on any atom is 0.175 e. The molecule has 2 aliphatic heterocycles. The summed E-state index contributed by atoms with van der Waals surface area (Å²) in [5.74, 6) is 1.72. The molecular weight excluding hydrogens is 294 g/mol. The number of halogens is 1. The van der Waals surface area contributed by atoms with Crippen LogP contribution in [-0.2, 0) is 5.54 Å². The molecule has 2 aliphatic rings. The van der Waals surface area contributed by atoms with Gasteiger partial charge in [0.2, 0.25) is 0 Å². The van der Waals surface area contributed by atoms with E-state index in [1.807, 2.05) is 0 Å². The van der Waals surface area contributed by atoms with Crippen LogP contribution in [-0.4, -0.2) is 19.8 Å². The zero-order valence-electron chi connectivity index (χ0n) is 10.8. The van der Waals surface area contributed by atoms with Gasteiger partial charge in [0.15, 0.2) is 11.5 Å². The minimum atomic E-state index is 0.0580. The van der Waals surface area contributed by atoms with E-state index in [0.717, 1.165) is 22.5 Å². The van der Waals surface area contributed by atoms with Gasteiger partial charge in [0, 0.05) is 5.54 Å². The highest BCUT2D eigenvalue weighted by molar-refractivity contribution is 9.10. The third-order valence-electron chi connectivity index (χ3n) is 3.98. The number of fused-ring (bicyclic) bond motifs is 1. The Kier molecular flexibility index (Phi) is 3.02. The molecule has 1 unspecified atom stereocenters. The predicted molar refractivity (Wildman–Crippen MR) is 74.5 cm³/mol. The Morgan fingerprint density at radius 2 is 2.11 bits per heavy atom. The van der Waals surface area contributed by atoms with Crippen molar-refractivity contribution in [2.45, 2.75) is 32.2 Å². The fourth-order valence-corrected chi connectivity index (χ4v) is 3.46. The van der Waals surface area contributed by atoms with Gasteiger partial charge in [-0.05, 0) is 66.4 Å². The molecule has 1 N–H and O–H groups in total. The topological polar surface area (TPSA) is 30.5 Å². The second-order valence-electron chi connectivity index (χ2n) is 5.25. The second-order valence-corrected chi connectivity index (χ2v) is 6.04. The average Bonchev–Trinajstić information content (AvgIpc) is 2.82. The molecule has 0 amide bonds. The number of nitrogens with one attached hydrogen (secondary N) is 1. The first-order chi connectivity index (χ1) is 8.62. The molecule has 1 aromatic carbocycles. The van der Waals surface area contributed by atoms with E-state index >= 15 is 0 Å². The van der Waals surface area contributed by atoms with Crippen LogP contribution >= 0.6 is 15.9 Å². The zero-order valence-corrected chi connectivity index (χ0v) is 12.4. The lowest BCUT2D eigenvalue weighted by Crippen LogP contribution is -2.34. The van der Waals surface area contributed by atoms with Crippen molar-refractivity contribution in [1.29, 1.82) is 0 Å². The van der Waals surface area contributed by atoms with Crippen LogP contribution in [0.15, 0.2) is 10.5 Å². The van der Waals surface area contributed by atoms with Crippen molar-refractivity contribution >= 4 is 15.9 Å². The van der Waals surface area contributed by atoms with Gasteiger partial charge < -0.3 is 14.8 Å². The molecule has 1 aromatic rings. The first-order valence-electron chi connectivity index (χ1n) is 6.46. The Morgan fingerprint density at radius 3 is 2.83 bits per heavy atom. The third-order valence-corrected chi connectivity index (χ3v) is 4.94. The SMILES string of the molecule is Cc1c(C2(C)CCCN2)cc2c(c1Br)OCCO2. The molecule has 0 aliphatic carbocycles. The van der Waals surface area contributed by atoms with Crippen LogP contribution in [0.1, 0.15) is 30.9 Å². The summed E-state index contributed by atoms with van der Waals surface area (Å²) in [5.41, 5.74) is 2.62. The van der Waals surface area contributed by atoms with E-state index < -0.39 is 0 Å². The van der Waals surface area contributed by atoms with Crippen LogP contribution in [0.2, 0.25) is 0 Å². The van der Waals surface area contributed by atoms with E-state index in [1.165, 1.54) is 24.0 Å². The average molecular weight is 312 g/mol. The third kappa shape index (κ3) is 1.82. The highest BCUT2D eigenvalue weighted by atomic mass is 79.9. The molecule has 1 atom stereocenters. The summed E-state index contributed by atoms with van der Waals surface area (Å²) in [4.78, 5) is 0. The van der Waals surface area contributed by atoms with Gasteiger partial charge in [-0.2, -0.15) is 0 Å².